The highest BCUT2D eigenvalue weighted by Gasteiger charge is 2.29. The Labute approximate surface area is 97.9 Å². The predicted molar refractivity (Wildman–Crippen MR) is 67.7 cm³/mol. The van der Waals surface area contributed by atoms with E-state index in [0.29, 0.717) is 5.41 Å². The Bertz CT molecular complexity index is 354. The van der Waals surface area contributed by atoms with E-state index in [1.807, 2.05) is 12.1 Å². The largest absolute Gasteiger partial charge is 0.389 e. The van der Waals surface area contributed by atoms with Crippen LogP contribution in [-0.2, 0) is 0 Å². The van der Waals surface area contributed by atoms with Gasteiger partial charge in [0.25, 0.3) is 0 Å². The predicted octanol–water partition coefficient (Wildman–Crippen LogP) is 2.98. The van der Waals surface area contributed by atoms with Crippen molar-refractivity contribution in [1.29, 1.82) is 0 Å². The Hall–Kier alpha value is -1.02. The lowest BCUT2D eigenvalue weighted by Crippen LogP contribution is -2.22. The number of anilines is 1. The van der Waals surface area contributed by atoms with E-state index >= 15 is 0 Å². The lowest BCUT2D eigenvalue weighted by Gasteiger charge is -2.22. The van der Waals surface area contributed by atoms with Crippen molar-refractivity contribution < 1.29 is 5.11 Å². The molecule has 1 heterocycles. The lowest BCUT2D eigenvalue weighted by atomic mass is 9.93. The first-order valence-corrected chi connectivity index (χ1v) is 6.01. The molecular formula is C14H21NO. The Morgan fingerprint density at radius 2 is 1.88 bits per heavy atom. The van der Waals surface area contributed by atoms with Crippen LogP contribution in [0.4, 0.5) is 5.69 Å². The fourth-order valence-corrected chi connectivity index (χ4v) is 2.30. The number of aliphatic hydroxyl groups is 1. The summed E-state index contributed by atoms with van der Waals surface area (Å²) < 4.78 is 0. The van der Waals surface area contributed by atoms with Crippen molar-refractivity contribution in [3.63, 3.8) is 0 Å². The van der Waals surface area contributed by atoms with Crippen LogP contribution in [0.15, 0.2) is 24.3 Å². The van der Waals surface area contributed by atoms with Crippen LogP contribution < -0.4 is 4.90 Å². The average Bonchev–Trinajstić information content (AvgIpc) is 2.59. The van der Waals surface area contributed by atoms with Crippen molar-refractivity contribution in [2.45, 2.75) is 33.3 Å². The van der Waals surface area contributed by atoms with E-state index < -0.39 is 0 Å². The first-order valence-electron chi connectivity index (χ1n) is 6.01. The summed E-state index contributed by atoms with van der Waals surface area (Å²) >= 11 is 0. The third-order valence-electron chi connectivity index (χ3n) is 3.42. The Balaban J connectivity index is 2.11. The van der Waals surface area contributed by atoms with E-state index in [1.54, 1.807) is 6.92 Å². The highest BCUT2D eigenvalue weighted by Crippen LogP contribution is 2.32. The molecule has 2 nitrogen and oxygen atoms in total. The zero-order valence-electron chi connectivity index (χ0n) is 10.4. The molecule has 1 atom stereocenters. The maximum Gasteiger partial charge on any atom is 0.0761 e. The average molecular weight is 219 g/mol. The maximum atomic E-state index is 9.45. The van der Waals surface area contributed by atoms with Crippen molar-refractivity contribution in [2.75, 3.05) is 18.0 Å². The van der Waals surface area contributed by atoms with Crippen molar-refractivity contribution >= 4 is 5.69 Å². The molecule has 0 unspecified atom stereocenters. The van der Waals surface area contributed by atoms with E-state index in [-0.39, 0.29) is 6.10 Å². The standard InChI is InChI=1S/C14H21NO/c1-11(16)12-4-6-13(7-5-12)15-9-8-14(2,3)10-15/h4-7,11,16H,8-10H2,1-3H3/t11-/m1/s1. The number of hydrogen-bond donors (Lipinski definition) is 1. The van der Waals surface area contributed by atoms with Crippen LogP contribution in [0.2, 0.25) is 0 Å². The summed E-state index contributed by atoms with van der Waals surface area (Å²) in [6, 6.07) is 8.27. The van der Waals surface area contributed by atoms with E-state index in [1.165, 1.54) is 12.1 Å². The van der Waals surface area contributed by atoms with E-state index in [9.17, 15) is 5.11 Å². The summed E-state index contributed by atoms with van der Waals surface area (Å²) in [6.45, 7) is 8.70. The zero-order chi connectivity index (χ0) is 11.8. The molecule has 0 spiro atoms. The molecule has 16 heavy (non-hydrogen) atoms. The molecule has 0 radical (unpaired) electrons. The molecule has 0 saturated carbocycles. The molecule has 1 aliphatic heterocycles. The number of nitrogens with zero attached hydrogens (tertiary/aromatic N) is 1. The van der Waals surface area contributed by atoms with Gasteiger partial charge in [0.1, 0.15) is 0 Å². The Morgan fingerprint density at radius 3 is 2.31 bits per heavy atom. The van der Waals surface area contributed by atoms with Gasteiger partial charge in [-0.3, -0.25) is 0 Å². The van der Waals surface area contributed by atoms with Gasteiger partial charge in [0.15, 0.2) is 0 Å². The summed E-state index contributed by atoms with van der Waals surface area (Å²) in [7, 11) is 0. The van der Waals surface area contributed by atoms with Crippen molar-refractivity contribution in [3.8, 4) is 0 Å². The monoisotopic (exact) mass is 219 g/mol. The van der Waals surface area contributed by atoms with Gasteiger partial charge >= 0.3 is 0 Å². The van der Waals surface area contributed by atoms with Crippen LogP contribution in [0, 0.1) is 5.41 Å². The number of benzene rings is 1. The molecule has 1 N–H and O–H groups in total. The number of aliphatic hydroxyl groups excluding tert-OH is 1. The van der Waals surface area contributed by atoms with Gasteiger partial charge in [-0.15, -0.1) is 0 Å². The molecule has 0 aliphatic carbocycles. The molecule has 2 rings (SSSR count). The molecule has 1 aromatic rings. The van der Waals surface area contributed by atoms with Crippen LogP contribution in [0.3, 0.4) is 0 Å². The zero-order valence-corrected chi connectivity index (χ0v) is 10.4. The molecular weight excluding hydrogens is 198 g/mol. The highest BCUT2D eigenvalue weighted by atomic mass is 16.3. The van der Waals surface area contributed by atoms with Gasteiger partial charge in [0.05, 0.1) is 6.10 Å². The maximum absolute atomic E-state index is 9.45. The third-order valence-corrected chi connectivity index (χ3v) is 3.42. The fraction of sp³-hybridized carbons (Fsp3) is 0.571. The molecule has 88 valence electrons. The lowest BCUT2D eigenvalue weighted by molar-refractivity contribution is 0.199. The molecule has 1 aromatic carbocycles. The topological polar surface area (TPSA) is 23.5 Å². The van der Waals surface area contributed by atoms with Gasteiger partial charge in [0, 0.05) is 18.8 Å². The fourth-order valence-electron chi connectivity index (χ4n) is 2.30. The van der Waals surface area contributed by atoms with Gasteiger partial charge in [0.2, 0.25) is 0 Å². The minimum absolute atomic E-state index is 0.371. The van der Waals surface area contributed by atoms with Crippen LogP contribution in [0.5, 0.6) is 0 Å². The van der Waals surface area contributed by atoms with Gasteiger partial charge in [-0.1, -0.05) is 26.0 Å². The molecule has 0 amide bonds. The van der Waals surface area contributed by atoms with Gasteiger partial charge in [-0.2, -0.15) is 0 Å². The first-order chi connectivity index (χ1) is 7.48. The van der Waals surface area contributed by atoms with Gasteiger partial charge < -0.3 is 10.0 Å². The molecule has 0 bridgehead atoms. The Kier molecular flexibility index (Phi) is 2.94. The molecule has 1 aliphatic rings. The SMILES string of the molecule is C[C@@H](O)c1ccc(N2CCC(C)(C)C2)cc1. The number of rotatable bonds is 2. The smallest absolute Gasteiger partial charge is 0.0761 e. The molecule has 2 heteroatoms. The molecule has 1 fully saturated rings. The number of hydrogen-bond acceptors (Lipinski definition) is 2. The molecule has 1 saturated heterocycles. The second kappa shape index (κ2) is 4.10. The quantitative estimate of drug-likeness (QED) is 0.826. The highest BCUT2D eigenvalue weighted by molar-refractivity contribution is 5.49. The minimum Gasteiger partial charge on any atom is -0.389 e. The van der Waals surface area contributed by atoms with E-state index in [2.05, 4.69) is 30.9 Å². The second-order valence-corrected chi connectivity index (χ2v) is 5.60. The normalized spacial score (nSPS) is 21.1. The second-order valence-electron chi connectivity index (χ2n) is 5.60. The summed E-state index contributed by atoms with van der Waals surface area (Å²) in [5.74, 6) is 0. The van der Waals surface area contributed by atoms with Crippen molar-refractivity contribution in [1.82, 2.24) is 0 Å². The van der Waals surface area contributed by atoms with Gasteiger partial charge in [-0.05, 0) is 36.5 Å². The van der Waals surface area contributed by atoms with Crippen LogP contribution in [0.1, 0.15) is 38.9 Å². The van der Waals surface area contributed by atoms with Crippen LogP contribution in [0.25, 0.3) is 0 Å². The first kappa shape index (κ1) is 11.5. The Morgan fingerprint density at radius 1 is 1.25 bits per heavy atom. The van der Waals surface area contributed by atoms with Crippen molar-refractivity contribution in [3.05, 3.63) is 29.8 Å². The minimum atomic E-state index is -0.371. The summed E-state index contributed by atoms with van der Waals surface area (Å²) in [5, 5.41) is 9.45. The van der Waals surface area contributed by atoms with Crippen molar-refractivity contribution in [2.24, 2.45) is 5.41 Å². The van der Waals surface area contributed by atoms with Gasteiger partial charge in [-0.25, -0.2) is 0 Å². The summed E-state index contributed by atoms with van der Waals surface area (Å²) in [6.07, 6.45) is 0.884. The third kappa shape index (κ3) is 2.38. The van der Waals surface area contributed by atoms with E-state index in [4.69, 9.17) is 0 Å². The summed E-state index contributed by atoms with van der Waals surface area (Å²) in [4.78, 5) is 2.42. The summed E-state index contributed by atoms with van der Waals surface area (Å²) in [5.41, 5.74) is 2.69. The van der Waals surface area contributed by atoms with Crippen LogP contribution >= 0.6 is 0 Å². The van der Waals surface area contributed by atoms with E-state index in [0.717, 1.165) is 18.7 Å². The van der Waals surface area contributed by atoms with Crippen LogP contribution in [-0.4, -0.2) is 18.2 Å². The molecule has 0 aromatic heterocycles.